The number of fused-ring (bicyclic) bond motifs is 1. The minimum atomic E-state index is -0.433. The summed E-state index contributed by atoms with van der Waals surface area (Å²) < 4.78 is 11.6. The standard InChI is InChI=1S/C28H31N3O3/c1-5-33-23-16-21-22(17-24(23)34-6-2)31-27(32)25(21)26(18-10-8-7-9-11-18)30-20-14-12-19(13-15-20)28(3,4)29/h7-17,30H,5-6,29H2,1-4H3,(H,31,32)/b26-25-. The molecule has 34 heavy (non-hydrogen) atoms. The molecule has 0 fully saturated rings. The van der Waals surface area contributed by atoms with E-state index in [0.29, 0.717) is 41.7 Å². The first-order valence-electron chi connectivity index (χ1n) is 11.5. The smallest absolute Gasteiger partial charge is 0.258 e. The second-order valence-electron chi connectivity index (χ2n) is 8.70. The molecule has 0 aromatic heterocycles. The molecule has 6 nitrogen and oxygen atoms in total. The lowest BCUT2D eigenvalue weighted by molar-refractivity contribution is -0.110. The number of nitrogens with one attached hydrogen (secondary N) is 2. The molecular weight excluding hydrogens is 426 g/mol. The predicted molar refractivity (Wildman–Crippen MR) is 138 cm³/mol. The average Bonchev–Trinajstić information content (AvgIpc) is 3.13. The number of hydrogen-bond acceptors (Lipinski definition) is 5. The zero-order valence-corrected chi connectivity index (χ0v) is 20.1. The van der Waals surface area contributed by atoms with Crippen LogP contribution >= 0.6 is 0 Å². The van der Waals surface area contributed by atoms with Gasteiger partial charge in [-0.05, 0) is 57.0 Å². The van der Waals surface area contributed by atoms with Crippen LogP contribution in [0.25, 0.3) is 11.3 Å². The quantitative estimate of drug-likeness (QED) is 0.383. The molecule has 0 bridgehead atoms. The van der Waals surface area contributed by atoms with Crippen LogP contribution in [0.4, 0.5) is 11.4 Å². The van der Waals surface area contributed by atoms with Crippen molar-refractivity contribution < 1.29 is 14.3 Å². The van der Waals surface area contributed by atoms with Gasteiger partial charge in [0.05, 0.1) is 30.2 Å². The van der Waals surface area contributed by atoms with Crippen LogP contribution < -0.4 is 25.8 Å². The van der Waals surface area contributed by atoms with E-state index in [0.717, 1.165) is 22.4 Å². The van der Waals surface area contributed by atoms with E-state index in [-0.39, 0.29) is 5.91 Å². The molecule has 0 radical (unpaired) electrons. The number of amides is 1. The van der Waals surface area contributed by atoms with E-state index in [1.807, 2.05) is 94.4 Å². The van der Waals surface area contributed by atoms with Gasteiger partial charge in [-0.25, -0.2) is 0 Å². The Labute approximate surface area is 200 Å². The number of carbonyl (C=O) groups excluding carboxylic acids is 1. The molecule has 0 atom stereocenters. The number of hydrogen-bond donors (Lipinski definition) is 3. The van der Waals surface area contributed by atoms with Gasteiger partial charge in [-0.15, -0.1) is 0 Å². The Morgan fingerprint density at radius 1 is 0.941 bits per heavy atom. The molecule has 0 saturated carbocycles. The van der Waals surface area contributed by atoms with Gasteiger partial charge in [-0.2, -0.15) is 0 Å². The lowest BCUT2D eigenvalue weighted by atomic mass is 9.95. The van der Waals surface area contributed by atoms with Crippen LogP contribution in [0.3, 0.4) is 0 Å². The van der Waals surface area contributed by atoms with Crippen molar-refractivity contribution in [3.05, 3.63) is 83.4 Å². The monoisotopic (exact) mass is 457 g/mol. The molecule has 3 aromatic carbocycles. The number of benzene rings is 3. The maximum atomic E-state index is 13.3. The summed E-state index contributed by atoms with van der Waals surface area (Å²) in [6, 6.07) is 21.5. The highest BCUT2D eigenvalue weighted by Crippen LogP contribution is 2.43. The molecule has 1 heterocycles. The van der Waals surface area contributed by atoms with E-state index in [1.54, 1.807) is 0 Å². The maximum Gasteiger partial charge on any atom is 0.258 e. The van der Waals surface area contributed by atoms with Crippen LogP contribution in [0.15, 0.2) is 66.7 Å². The first-order valence-corrected chi connectivity index (χ1v) is 11.5. The van der Waals surface area contributed by atoms with Crippen LogP contribution in [0.5, 0.6) is 11.5 Å². The van der Waals surface area contributed by atoms with E-state index in [2.05, 4.69) is 10.6 Å². The highest BCUT2D eigenvalue weighted by Gasteiger charge is 2.30. The van der Waals surface area contributed by atoms with Crippen LogP contribution in [0.1, 0.15) is 44.4 Å². The van der Waals surface area contributed by atoms with E-state index < -0.39 is 5.54 Å². The molecule has 0 unspecified atom stereocenters. The Kier molecular flexibility index (Phi) is 6.61. The highest BCUT2D eigenvalue weighted by atomic mass is 16.5. The van der Waals surface area contributed by atoms with Gasteiger partial charge in [-0.1, -0.05) is 42.5 Å². The molecule has 1 aliphatic rings. The molecule has 0 aliphatic carbocycles. The summed E-state index contributed by atoms with van der Waals surface area (Å²) in [4.78, 5) is 13.3. The first-order chi connectivity index (χ1) is 16.3. The van der Waals surface area contributed by atoms with E-state index in [9.17, 15) is 4.79 Å². The molecular formula is C28H31N3O3. The van der Waals surface area contributed by atoms with Gasteiger partial charge in [0.15, 0.2) is 11.5 Å². The molecule has 4 rings (SSSR count). The van der Waals surface area contributed by atoms with Crippen molar-refractivity contribution in [3.8, 4) is 11.5 Å². The van der Waals surface area contributed by atoms with Gasteiger partial charge in [0.1, 0.15) is 0 Å². The highest BCUT2D eigenvalue weighted by molar-refractivity contribution is 6.37. The largest absolute Gasteiger partial charge is 0.490 e. The van der Waals surface area contributed by atoms with Gasteiger partial charge in [0.25, 0.3) is 5.91 Å². The van der Waals surface area contributed by atoms with E-state index in [4.69, 9.17) is 15.2 Å². The normalized spacial score (nSPS) is 14.3. The minimum absolute atomic E-state index is 0.183. The third kappa shape index (κ3) is 4.77. The first kappa shape index (κ1) is 23.4. The van der Waals surface area contributed by atoms with Crippen molar-refractivity contribution in [3.63, 3.8) is 0 Å². The van der Waals surface area contributed by atoms with Crippen LogP contribution in [0.2, 0.25) is 0 Å². The van der Waals surface area contributed by atoms with Crippen molar-refractivity contribution in [1.29, 1.82) is 0 Å². The van der Waals surface area contributed by atoms with Crippen molar-refractivity contribution in [2.24, 2.45) is 5.73 Å². The zero-order valence-electron chi connectivity index (χ0n) is 20.1. The molecule has 3 aromatic rings. The maximum absolute atomic E-state index is 13.3. The number of anilines is 2. The Balaban J connectivity index is 1.85. The number of rotatable bonds is 8. The third-order valence-corrected chi connectivity index (χ3v) is 5.64. The minimum Gasteiger partial charge on any atom is -0.490 e. The summed E-state index contributed by atoms with van der Waals surface area (Å²) in [6.07, 6.45) is 0. The zero-order chi connectivity index (χ0) is 24.3. The van der Waals surface area contributed by atoms with Crippen molar-refractivity contribution >= 4 is 28.6 Å². The number of carbonyl (C=O) groups is 1. The average molecular weight is 458 g/mol. The van der Waals surface area contributed by atoms with Crippen LogP contribution in [0, 0.1) is 0 Å². The third-order valence-electron chi connectivity index (χ3n) is 5.64. The second-order valence-corrected chi connectivity index (χ2v) is 8.70. The lowest BCUT2D eigenvalue weighted by Gasteiger charge is -2.20. The summed E-state index contributed by atoms with van der Waals surface area (Å²) in [5.74, 6) is 1.04. The van der Waals surface area contributed by atoms with Gasteiger partial charge in [0, 0.05) is 22.9 Å². The predicted octanol–water partition coefficient (Wildman–Crippen LogP) is 5.61. The number of nitrogens with two attached hydrogens (primary N) is 1. The summed E-state index contributed by atoms with van der Waals surface area (Å²) in [5, 5.41) is 6.48. The van der Waals surface area contributed by atoms with Gasteiger partial charge < -0.3 is 25.8 Å². The summed E-state index contributed by atoms with van der Waals surface area (Å²) in [7, 11) is 0. The van der Waals surface area contributed by atoms with Crippen LogP contribution in [-0.2, 0) is 10.3 Å². The topological polar surface area (TPSA) is 85.6 Å². The molecule has 0 saturated heterocycles. The molecule has 0 spiro atoms. The Hall–Kier alpha value is -3.77. The number of ether oxygens (including phenoxy) is 2. The van der Waals surface area contributed by atoms with Crippen LogP contribution in [-0.4, -0.2) is 19.1 Å². The fraction of sp³-hybridized carbons (Fsp3) is 0.250. The van der Waals surface area contributed by atoms with E-state index >= 15 is 0 Å². The summed E-state index contributed by atoms with van der Waals surface area (Å²) in [5.41, 5.74) is 11.3. The van der Waals surface area contributed by atoms with Gasteiger partial charge >= 0.3 is 0 Å². The second kappa shape index (κ2) is 9.61. The molecule has 1 aliphatic heterocycles. The Bertz CT molecular complexity index is 1210. The Morgan fingerprint density at radius 3 is 2.15 bits per heavy atom. The Morgan fingerprint density at radius 2 is 1.56 bits per heavy atom. The van der Waals surface area contributed by atoms with Gasteiger partial charge in [-0.3, -0.25) is 4.79 Å². The molecule has 176 valence electrons. The SMILES string of the molecule is CCOc1cc2c(cc1OCC)/C(=C(/Nc1ccc(C(C)(C)N)cc1)c1ccccc1)C(=O)N2. The molecule has 1 amide bonds. The van der Waals surface area contributed by atoms with Crippen molar-refractivity contribution in [1.82, 2.24) is 0 Å². The summed E-state index contributed by atoms with van der Waals surface area (Å²) in [6.45, 7) is 8.78. The van der Waals surface area contributed by atoms with Crippen molar-refractivity contribution in [2.75, 3.05) is 23.8 Å². The summed E-state index contributed by atoms with van der Waals surface area (Å²) >= 11 is 0. The molecule has 4 N–H and O–H groups in total. The van der Waals surface area contributed by atoms with Crippen molar-refractivity contribution in [2.45, 2.75) is 33.2 Å². The van der Waals surface area contributed by atoms with E-state index in [1.165, 1.54) is 0 Å². The fourth-order valence-electron chi connectivity index (χ4n) is 3.97. The molecule has 6 heteroatoms. The van der Waals surface area contributed by atoms with Gasteiger partial charge in [0.2, 0.25) is 0 Å². The fourth-order valence-corrected chi connectivity index (χ4v) is 3.97. The lowest BCUT2D eigenvalue weighted by Crippen LogP contribution is -2.28.